The maximum absolute atomic E-state index is 14.9. The first kappa shape index (κ1) is 20.3. The van der Waals surface area contributed by atoms with Gasteiger partial charge >= 0.3 is 0 Å². The first-order chi connectivity index (χ1) is 14.5. The number of aryl methyl sites for hydroxylation is 2. The van der Waals surface area contributed by atoms with Gasteiger partial charge in [0.2, 0.25) is 5.69 Å². The van der Waals surface area contributed by atoms with Crippen LogP contribution in [0.25, 0.3) is 33.2 Å². The summed E-state index contributed by atoms with van der Waals surface area (Å²) in [5.41, 5.74) is 6.07. The molecule has 0 fully saturated rings. The molecule has 0 radical (unpaired) electrons. The van der Waals surface area contributed by atoms with Gasteiger partial charge in [0, 0.05) is 11.6 Å². The highest BCUT2D eigenvalue weighted by Gasteiger charge is 2.20. The van der Waals surface area contributed by atoms with Gasteiger partial charge < -0.3 is 0 Å². The Morgan fingerprint density at radius 3 is 2.30 bits per heavy atom. The van der Waals surface area contributed by atoms with E-state index in [0.717, 1.165) is 35.2 Å². The molecule has 0 saturated heterocycles. The lowest BCUT2D eigenvalue weighted by atomic mass is 9.90. The van der Waals surface area contributed by atoms with Crippen molar-refractivity contribution in [2.24, 2.45) is 7.05 Å². The molecule has 4 rings (SSSR count). The minimum atomic E-state index is -0.179. The third-order valence-corrected chi connectivity index (χ3v) is 6.27. The molecule has 0 saturated carbocycles. The van der Waals surface area contributed by atoms with Crippen LogP contribution in [0.2, 0.25) is 0 Å². The second kappa shape index (κ2) is 8.39. The van der Waals surface area contributed by atoms with E-state index in [4.69, 9.17) is 0 Å². The van der Waals surface area contributed by atoms with Gasteiger partial charge in [-0.15, -0.1) is 0 Å². The minimum Gasteiger partial charge on any atom is -0.206 e. The van der Waals surface area contributed by atoms with Gasteiger partial charge in [-0.05, 0) is 66.0 Å². The molecule has 30 heavy (non-hydrogen) atoms. The number of pyridine rings is 1. The molecule has 152 valence electrons. The average Bonchev–Trinajstić information content (AvgIpc) is 2.76. The highest BCUT2D eigenvalue weighted by Crippen LogP contribution is 2.35. The Balaban J connectivity index is 1.94. The highest BCUT2D eigenvalue weighted by atomic mass is 19.1. The van der Waals surface area contributed by atoms with Crippen molar-refractivity contribution in [3.63, 3.8) is 0 Å². The molecule has 0 amide bonds. The van der Waals surface area contributed by atoms with Crippen molar-refractivity contribution >= 4 is 10.8 Å². The van der Waals surface area contributed by atoms with Crippen molar-refractivity contribution in [2.45, 2.75) is 39.5 Å². The summed E-state index contributed by atoms with van der Waals surface area (Å²) in [6, 6.07) is 22.5. The summed E-state index contributed by atoms with van der Waals surface area (Å²) < 4.78 is 17.0. The molecule has 0 aliphatic rings. The molecule has 0 aliphatic carbocycles. The van der Waals surface area contributed by atoms with Gasteiger partial charge in [-0.3, -0.25) is 0 Å². The Labute approximate surface area is 178 Å². The second-order valence-electron chi connectivity index (χ2n) is 8.15. The molecule has 0 unspecified atom stereocenters. The monoisotopic (exact) mass is 398 g/mol. The summed E-state index contributed by atoms with van der Waals surface area (Å²) in [6.45, 7) is 6.49. The van der Waals surface area contributed by atoms with Gasteiger partial charge in [-0.2, -0.15) is 0 Å². The molecular weight excluding hydrogens is 369 g/mol. The van der Waals surface area contributed by atoms with E-state index in [2.05, 4.69) is 55.9 Å². The molecule has 0 N–H and O–H groups in total. The lowest BCUT2D eigenvalue weighted by molar-refractivity contribution is -0.659. The van der Waals surface area contributed by atoms with E-state index in [1.165, 1.54) is 16.3 Å². The summed E-state index contributed by atoms with van der Waals surface area (Å²) in [6.07, 6.45) is 4.40. The van der Waals surface area contributed by atoms with E-state index >= 15 is 0 Å². The Bertz CT molecular complexity index is 1190. The third-order valence-electron chi connectivity index (χ3n) is 6.27. The molecule has 0 aliphatic heterocycles. The maximum atomic E-state index is 14.9. The van der Waals surface area contributed by atoms with Gasteiger partial charge in [0.15, 0.2) is 6.20 Å². The van der Waals surface area contributed by atoms with Crippen molar-refractivity contribution in [3.8, 4) is 22.4 Å². The number of nitrogens with zero attached hydrogens (tertiary/aromatic N) is 1. The van der Waals surface area contributed by atoms with Crippen molar-refractivity contribution < 1.29 is 8.96 Å². The van der Waals surface area contributed by atoms with Gasteiger partial charge in [0.05, 0.1) is 10.9 Å². The highest BCUT2D eigenvalue weighted by molar-refractivity contribution is 5.94. The normalized spacial score (nSPS) is 11.4. The quantitative estimate of drug-likeness (QED) is 0.309. The predicted molar refractivity (Wildman–Crippen MR) is 124 cm³/mol. The van der Waals surface area contributed by atoms with E-state index in [1.54, 1.807) is 6.07 Å². The van der Waals surface area contributed by atoms with Crippen LogP contribution in [0.3, 0.4) is 0 Å². The zero-order chi connectivity index (χ0) is 21.3. The number of halogens is 1. The zero-order valence-electron chi connectivity index (χ0n) is 18.2. The van der Waals surface area contributed by atoms with E-state index < -0.39 is 0 Å². The van der Waals surface area contributed by atoms with E-state index in [9.17, 15) is 4.39 Å². The summed E-state index contributed by atoms with van der Waals surface area (Å²) in [5.74, 6) is 0.408. The fraction of sp³-hybridized carbons (Fsp3) is 0.250. The largest absolute Gasteiger partial charge is 0.220 e. The lowest BCUT2D eigenvalue weighted by Crippen LogP contribution is -2.30. The first-order valence-electron chi connectivity index (χ1n) is 10.8. The molecule has 0 atom stereocenters. The fourth-order valence-corrected chi connectivity index (χ4v) is 4.51. The smallest absolute Gasteiger partial charge is 0.206 e. The molecule has 3 aromatic carbocycles. The van der Waals surface area contributed by atoms with Gasteiger partial charge in [0.25, 0.3) is 0 Å². The van der Waals surface area contributed by atoms with Crippen molar-refractivity contribution in [3.05, 3.63) is 89.9 Å². The summed E-state index contributed by atoms with van der Waals surface area (Å²) in [5, 5.41) is 2.43. The molecule has 2 heteroatoms. The van der Waals surface area contributed by atoms with Crippen molar-refractivity contribution in [1.82, 2.24) is 0 Å². The Morgan fingerprint density at radius 2 is 1.60 bits per heavy atom. The van der Waals surface area contributed by atoms with Crippen LogP contribution in [0.1, 0.15) is 43.7 Å². The van der Waals surface area contributed by atoms with Gasteiger partial charge in [0.1, 0.15) is 12.9 Å². The number of hydrogen-bond acceptors (Lipinski definition) is 0. The summed E-state index contributed by atoms with van der Waals surface area (Å²) >= 11 is 0. The van der Waals surface area contributed by atoms with E-state index in [0.29, 0.717) is 11.5 Å². The van der Waals surface area contributed by atoms with Crippen molar-refractivity contribution in [2.75, 3.05) is 0 Å². The minimum absolute atomic E-state index is 0.179. The predicted octanol–water partition coefficient (Wildman–Crippen LogP) is 7.35. The number of rotatable bonds is 5. The van der Waals surface area contributed by atoms with Crippen LogP contribution < -0.4 is 4.57 Å². The van der Waals surface area contributed by atoms with Crippen LogP contribution in [0, 0.1) is 12.7 Å². The number of hydrogen-bond donors (Lipinski definition) is 0. The topological polar surface area (TPSA) is 3.88 Å². The summed E-state index contributed by atoms with van der Waals surface area (Å²) in [4.78, 5) is 0. The molecular formula is C28H29FN+. The molecule has 1 nitrogen and oxygen atoms in total. The third kappa shape index (κ3) is 3.63. The van der Waals surface area contributed by atoms with Crippen LogP contribution in [0.15, 0.2) is 72.9 Å². The van der Waals surface area contributed by atoms with Crippen molar-refractivity contribution in [1.29, 1.82) is 0 Å². The zero-order valence-corrected chi connectivity index (χ0v) is 18.2. The standard InChI is InChI=1S/C28H29FN/c1-5-20(6-2)22-12-13-24-23(17-22)14-15-30(4)28(24)25-18-26(27(29)16-19(25)3)21-10-8-7-9-11-21/h7-18,20H,5-6H2,1-4H3/q+1. The Morgan fingerprint density at radius 1 is 0.867 bits per heavy atom. The number of fused-ring (bicyclic) bond motifs is 1. The second-order valence-corrected chi connectivity index (χ2v) is 8.15. The Kier molecular flexibility index (Phi) is 5.67. The van der Waals surface area contributed by atoms with Gasteiger partial charge in [-0.1, -0.05) is 56.3 Å². The molecule has 0 bridgehead atoms. The summed E-state index contributed by atoms with van der Waals surface area (Å²) in [7, 11) is 2.06. The number of aromatic nitrogens is 1. The van der Waals surface area contributed by atoms with Crippen LogP contribution >= 0.6 is 0 Å². The van der Waals surface area contributed by atoms with Crippen LogP contribution in [0.5, 0.6) is 0 Å². The van der Waals surface area contributed by atoms with Crippen LogP contribution in [-0.2, 0) is 7.05 Å². The number of benzene rings is 3. The lowest BCUT2D eigenvalue weighted by Gasteiger charge is -2.15. The Hall–Kier alpha value is -3.00. The first-order valence-corrected chi connectivity index (χ1v) is 10.8. The van der Waals surface area contributed by atoms with E-state index in [1.807, 2.05) is 43.3 Å². The molecule has 0 spiro atoms. The van der Waals surface area contributed by atoms with Crippen LogP contribution in [-0.4, -0.2) is 0 Å². The SMILES string of the molecule is CCC(CC)c1ccc2c(-c3cc(-c4ccccc4)c(F)cc3C)[n+](C)ccc2c1. The molecule has 1 aromatic heterocycles. The average molecular weight is 399 g/mol. The fourth-order valence-electron chi connectivity index (χ4n) is 4.51. The molecule has 4 aromatic rings. The maximum Gasteiger partial charge on any atom is 0.220 e. The van der Waals surface area contributed by atoms with Crippen LogP contribution in [0.4, 0.5) is 4.39 Å². The van der Waals surface area contributed by atoms with Gasteiger partial charge in [-0.25, -0.2) is 8.96 Å². The molecule has 1 heterocycles. The van der Waals surface area contributed by atoms with E-state index in [-0.39, 0.29) is 5.82 Å².